The molecule has 1 fully saturated rings. The first-order valence-corrected chi connectivity index (χ1v) is 8.31. The van der Waals surface area contributed by atoms with E-state index in [4.69, 9.17) is 4.42 Å². The van der Waals surface area contributed by atoms with E-state index in [0.717, 1.165) is 34.0 Å². The van der Waals surface area contributed by atoms with Gasteiger partial charge in [-0.25, -0.2) is 0 Å². The number of thioether (sulfide) groups is 1. The first kappa shape index (κ1) is 13.7. The van der Waals surface area contributed by atoms with Gasteiger partial charge in [-0.05, 0) is 31.7 Å². The van der Waals surface area contributed by atoms with Gasteiger partial charge < -0.3 is 8.98 Å². The molecule has 1 saturated carbocycles. The Balaban J connectivity index is 1.69. The number of furan rings is 1. The van der Waals surface area contributed by atoms with Crippen molar-refractivity contribution in [3.8, 4) is 11.4 Å². The predicted octanol–water partition coefficient (Wildman–Crippen LogP) is 4.06. The SMILES string of the molecule is Cc1occc1-c1nnc(SCC2CCCCC2)n1C. The fourth-order valence-corrected chi connectivity index (χ4v) is 3.94. The van der Waals surface area contributed by atoms with Crippen molar-refractivity contribution in [3.63, 3.8) is 0 Å². The van der Waals surface area contributed by atoms with Crippen molar-refractivity contribution in [2.24, 2.45) is 13.0 Å². The molecule has 0 amide bonds. The molecular weight excluding hydrogens is 270 g/mol. The molecule has 1 aliphatic rings. The van der Waals surface area contributed by atoms with E-state index in [2.05, 4.69) is 14.8 Å². The zero-order valence-electron chi connectivity index (χ0n) is 12.1. The van der Waals surface area contributed by atoms with E-state index in [1.165, 1.54) is 32.1 Å². The zero-order chi connectivity index (χ0) is 13.9. The Labute approximate surface area is 124 Å². The Hall–Kier alpha value is -1.23. The Morgan fingerprint density at radius 2 is 2.10 bits per heavy atom. The van der Waals surface area contributed by atoms with E-state index in [-0.39, 0.29) is 0 Å². The molecule has 0 aromatic carbocycles. The van der Waals surface area contributed by atoms with Gasteiger partial charge in [0.25, 0.3) is 0 Å². The normalized spacial score (nSPS) is 16.7. The van der Waals surface area contributed by atoms with Crippen LogP contribution in [0.1, 0.15) is 37.9 Å². The molecule has 2 aromatic rings. The fraction of sp³-hybridized carbons (Fsp3) is 0.600. The third kappa shape index (κ3) is 2.77. The summed E-state index contributed by atoms with van der Waals surface area (Å²) in [6, 6.07) is 1.95. The lowest BCUT2D eigenvalue weighted by atomic mass is 9.91. The first-order chi connectivity index (χ1) is 9.75. The lowest BCUT2D eigenvalue weighted by molar-refractivity contribution is 0.390. The summed E-state index contributed by atoms with van der Waals surface area (Å²) in [5.41, 5.74) is 1.03. The van der Waals surface area contributed by atoms with Gasteiger partial charge in [-0.3, -0.25) is 0 Å². The van der Waals surface area contributed by atoms with E-state index >= 15 is 0 Å². The van der Waals surface area contributed by atoms with Gasteiger partial charge in [0.05, 0.1) is 11.8 Å². The van der Waals surface area contributed by atoms with Crippen LogP contribution >= 0.6 is 11.8 Å². The highest BCUT2D eigenvalue weighted by atomic mass is 32.2. The van der Waals surface area contributed by atoms with Crippen LogP contribution in [0.25, 0.3) is 11.4 Å². The van der Waals surface area contributed by atoms with Gasteiger partial charge in [0, 0.05) is 12.8 Å². The number of aromatic nitrogens is 3. The van der Waals surface area contributed by atoms with Crippen molar-refractivity contribution in [1.29, 1.82) is 0 Å². The first-order valence-electron chi connectivity index (χ1n) is 7.32. The number of hydrogen-bond donors (Lipinski definition) is 0. The van der Waals surface area contributed by atoms with Gasteiger partial charge in [-0.15, -0.1) is 10.2 Å². The molecule has 0 aliphatic heterocycles. The molecule has 20 heavy (non-hydrogen) atoms. The van der Waals surface area contributed by atoms with Crippen LogP contribution in [0, 0.1) is 12.8 Å². The maximum Gasteiger partial charge on any atom is 0.191 e. The van der Waals surface area contributed by atoms with E-state index in [0.29, 0.717) is 0 Å². The fourth-order valence-electron chi connectivity index (χ4n) is 2.84. The minimum Gasteiger partial charge on any atom is -0.469 e. The maximum atomic E-state index is 5.35. The number of hydrogen-bond acceptors (Lipinski definition) is 4. The predicted molar refractivity (Wildman–Crippen MR) is 80.7 cm³/mol. The van der Waals surface area contributed by atoms with Crippen molar-refractivity contribution in [1.82, 2.24) is 14.8 Å². The minimum atomic E-state index is 0.851. The second kappa shape index (κ2) is 6.04. The summed E-state index contributed by atoms with van der Waals surface area (Å²) in [4.78, 5) is 0. The monoisotopic (exact) mass is 291 g/mol. The quantitative estimate of drug-likeness (QED) is 0.797. The summed E-state index contributed by atoms with van der Waals surface area (Å²) in [5, 5.41) is 9.65. The summed E-state index contributed by atoms with van der Waals surface area (Å²) < 4.78 is 7.43. The third-order valence-electron chi connectivity index (χ3n) is 4.11. The van der Waals surface area contributed by atoms with Crippen LogP contribution in [0.15, 0.2) is 21.9 Å². The van der Waals surface area contributed by atoms with Gasteiger partial charge in [0.15, 0.2) is 11.0 Å². The van der Waals surface area contributed by atoms with E-state index < -0.39 is 0 Å². The lowest BCUT2D eigenvalue weighted by Crippen LogP contribution is -2.09. The van der Waals surface area contributed by atoms with Crippen molar-refractivity contribution in [2.75, 3.05) is 5.75 Å². The molecule has 1 aliphatic carbocycles. The molecule has 2 heterocycles. The third-order valence-corrected chi connectivity index (χ3v) is 5.36. The molecule has 3 rings (SSSR count). The van der Waals surface area contributed by atoms with Crippen LogP contribution in [0.4, 0.5) is 0 Å². The number of rotatable bonds is 4. The zero-order valence-corrected chi connectivity index (χ0v) is 12.9. The van der Waals surface area contributed by atoms with E-state index in [1.807, 2.05) is 31.8 Å². The molecule has 0 atom stereocenters. The van der Waals surface area contributed by atoms with Gasteiger partial charge >= 0.3 is 0 Å². The molecular formula is C15H21N3OS. The highest BCUT2D eigenvalue weighted by Crippen LogP contribution is 2.31. The summed E-state index contributed by atoms with van der Waals surface area (Å²) in [7, 11) is 2.03. The summed E-state index contributed by atoms with van der Waals surface area (Å²) >= 11 is 1.84. The average Bonchev–Trinajstić information content (AvgIpc) is 3.04. The number of aryl methyl sites for hydroxylation is 1. The second-order valence-corrected chi connectivity index (χ2v) is 6.56. The van der Waals surface area contributed by atoms with E-state index in [1.54, 1.807) is 6.26 Å². The second-order valence-electron chi connectivity index (χ2n) is 5.57. The molecule has 108 valence electrons. The lowest BCUT2D eigenvalue weighted by Gasteiger charge is -2.20. The van der Waals surface area contributed by atoms with Crippen molar-refractivity contribution in [2.45, 2.75) is 44.2 Å². The smallest absolute Gasteiger partial charge is 0.191 e. The Kier molecular flexibility index (Phi) is 4.15. The highest BCUT2D eigenvalue weighted by Gasteiger charge is 2.18. The molecule has 0 unspecified atom stereocenters. The summed E-state index contributed by atoms with van der Waals surface area (Å²) in [6.07, 6.45) is 8.65. The topological polar surface area (TPSA) is 43.9 Å². The average molecular weight is 291 g/mol. The van der Waals surface area contributed by atoms with Crippen LogP contribution in [-0.2, 0) is 7.05 Å². The molecule has 0 bridgehead atoms. The Morgan fingerprint density at radius 1 is 1.30 bits per heavy atom. The van der Waals surface area contributed by atoms with Gasteiger partial charge in [0.1, 0.15) is 5.76 Å². The summed E-state index contributed by atoms with van der Waals surface area (Å²) in [5.74, 6) is 3.80. The maximum absolute atomic E-state index is 5.35. The molecule has 0 N–H and O–H groups in total. The van der Waals surface area contributed by atoms with Crippen LogP contribution in [0.3, 0.4) is 0 Å². The minimum absolute atomic E-state index is 0.851. The Morgan fingerprint density at radius 3 is 2.80 bits per heavy atom. The standard InChI is InChI=1S/C15H21N3OS/c1-11-13(8-9-19-11)14-16-17-15(18(14)2)20-10-12-6-4-3-5-7-12/h8-9,12H,3-7,10H2,1-2H3. The molecule has 4 nitrogen and oxygen atoms in total. The highest BCUT2D eigenvalue weighted by molar-refractivity contribution is 7.99. The van der Waals surface area contributed by atoms with Crippen molar-refractivity contribution < 1.29 is 4.42 Å². The molecule has 0 saturated heterocycles. The van der Waals surface area contributed by atoms with Gasteiger partial charge in [-0.2, -0.15) is 0 Å². The van der Waals surface area contributed by atoms with Crippen LogP contribution in [0.5, 0.6) is 0 Å². The van der Waals surface area contributed by atoms with Crippen LogP contribution in [0.2, 0.25) is 0 Å². The molecule has 5 heteroatoms. The van der Waals surface area contributed by atoms with E-state index in [9.17, 15) is 0 Å². The Bertz CT molecular complexity index is 569. The van der Waals surface area contributed by atoms with Crippen LogP contribution in [-0.4, -0.2) is 20.5 Å². The molecule has 0 radical (unpaired) electrons. The van der Waals surface area contributed by atoms with Crippen LogP contribution < -0.4 is 0 Å². The summed E-state index contributed by atoms with van der Waals surface area (Å²) in [6.45, 7) is 1.96. The number of nitrogens with zero attached hydrogens (tertiary/aromatic N) is 3. The van der Waals surface area contributed by atoms with Gasteiger partial charge in [-0.1, -0.05) is 31.0 Å². The van der Waals surface area contributed by atoms with Gasteiger partial charge in [0.2, 0.25) is 0 Å². The largest absolute Gasteiger partial charge is 0.469 e. The molecule has 0 spiro atoms. The van der Waals surface area contributed by atoms with Crippen molar-refractivity contribution in [3.05, 3.63) is 18.1 Å². The van der Waals surface area contributed by atoms with Crippen molar-refractivity contribution >= 4 is 11.8 Å². The molecule has 2 aromatic heterocycles.